The number of nitrogens with two attached hydrogens (primary N) is 1. The van der Waals surface area contributed by atoms with Gasteiger partial charge in [-0.2, -0.15) is 0 Å². The second-order valence-corrected chi connectivity index (χ2v) is 4.90. The zero-order valence-electron chi connectivity index (χ0n) is 10.9. The summed E-state index contributed by atoms with van der Waals surface area (Å²) in [6, 6.07) is 15.7. The van der Waals surface area contributed by atoms with Gasteiger partial charge in [0, 0.05) is 17.2 Å². The van der Waals surface area contributed by atoms with Gasteiger partial charge < -0.3 is 5.73 Å². The molecule has 0 atom stereocenters. The third-order valence-electron chi connectivity index (χ3n) is 2.99. The highest BCUT2D eigenvalue weighted by Gasteiger charge is 2.09. The molecule has 0 aliphatic carbocycles. The Morgan fingerprint density at radius 1 is 0.905 bits per heavy atom. The number of hydrogen-bond acceptors (Lipinski definition) is 3. The maximum absolute atomic E-state index is 13.6. The van der Waals surface area contributed by atoms with Gasteiger partial charge in [0.25, 0.3) is 0 Å². The Hall–Kier alpha value is -2.46. The molecular formula is C16H11ClFN3. The summed E-state index contributed by atoms with van der Waals surface area (Å²) >= 11 is 5.69. The number of hydrogen-bond donors (Lipinski definition) is 1. The first-order valence-electron chi connectivity index (χ1n) is 6.29. The number of aromatic nitrogens is 2. The van der Waals surface area contributed by atoms with E-state index in [-0.39, 0.29) is 5.02 Å². The van der Waals surface area contributed by atoms with Crippen molar-refractivity contribution in [3.05, 3.63) is 65.4 Å². The Bertz CT molecular complexity index is 791. The molecule has 0 aliphatic rings. The molecule has 1 heterocycles. The van der Waals surface area contributed by atoms with Crippen LogP contribution in [0, 0.1) is 5.82 Å². The molecule has 0 aliphatic heterocycles. The fourth-order valence-corrected chi connectivity index (χ4v) is 2.10. The lowest BCUT2D eigenvalue weighted by Gasteiger charge is -2.06. The zero-order valence-corrected chi connectivity index (χ0v) is 11.7. The average molecular weight is 300 g/mol. The molecule has 0 unspecified atom stereocenters. The van der Waals surface area contributed by atoms with Crippen LogP contribution in [0.3, 0.4) is 0 Å². The molecule has 3 nitrogen and oxygen atoms in total. The summed E-state index contributed by atoms with van der Waals surface area (Å²) in [5.74, 6) is 0.181. The van der Waals surface area contributed by atoms with Gasteiger partial charge in [0.2, 0.25) is 0 Å². The summed E-state index contributed by atoms with van der Waals surface area (Å²) in [6.45, 7) is 0. The second kappa shape index (κ2) is 5.50. The lowest BCUT2D eigenvalue weighted by molar-refractivity contribution is 0.628. The highest BCUT2D eigenvalue weighted by atomic mass is 35.5. The Labute approximate surface area is 126 Å². The van der Waals surface area contributed by atoms with Crippen molar-refractivity contribution in [3.8, 4) is 22.6 Å². The Kier molecular flexibility index (Phi) is 3.54. The van der Waals surface area contributed by atoms with Crippen LogP contribution in [0.25, 0.3) is 22.6 Å². The molecule has 0 saturated carbocycles. The number of rotatable bonds is 2. The molecule has 0 bridgehead atoms. The van der Waals surface area contributed by atoms with Crippen LogP contribution in [-0.4, -0.2) is 9.97 Å². The molecule has 0 fully saturated rings. The summed E-state index contributed by atoms with van der Waals surface area (Å²) in [7, 11) is 0. The molecular weight excluding hydrogens is 289 g/mol. The molecule has 5 heteroatoms. The van der Waals surface area contributed by atoms with Crippen molar-refractivity contribution in [3.63, 3.8) is 0 Å². The fraction of sp³-hybridized carbons (Fsp3) is 0. The summed E-state index contributed by atoms with van der Waals surface area (Å²) in [4.78, 5) is 8.60. The van der Waals surface area contributed by atoms with Crippen LogP contribution in [0.1, 0.15) is 0 Å². The smallest absolute Gasteiger partial charge is 0.162 e. The van der Waals surface area contributed by atoms with Crippen LogP contribution in [0.2, 0.25) is 5.02 Å². The van der Waals surface area contributed by atoms with Gasteiger partial charge in [-0.1, -0.05) is 41.9 Å². The van der Waals surface area contributed by atoms with E-state index >= 15 is 0 Å². The lowest BCUT2D eigenvalue weighted by Crippen LogP contribution is -1.98. The highest BCUT2D eigenvalue weighted by molar-refractivity contribution is 6.30. The Balaban J connectivity index is 2.11. The second-order valence-electron chi connectivity index (χ2n) is 4.50. The van der Waals surface area contributed by atoms with Gasteiger partial charge in [-0.25, -0.2) is 14.4 Å². The van der Waals surface area contributed by atoms with E-state index in [0.717, 1.165) is 5.56 Å². The van der Waals surface area contributed by atoms with E-state index < -0.39 is 5.82 Å². The van der Waals surface area contributed by atoms with Crippen LogP contribution in [0.15, 0.2) is 54.6 Å². The van der Waals surface area contributed by atoms with E-state index in [4.69, 9.17) is 17.3 Å². The monoisotopic (exact) mass is 299 g/mol. The molecule has 1 aromatic heterocycles. The molecule has 0 amide bonds. The van der Waals surface area contributed by atoms with Gasteiger partial charge in [-0.05, 0) is 18.2 Å². The van der Waals surface area contributed by atoms with Crippen molar-refractivity contribution >= 4 is 17.4 Å². The van der Waals surface area contributed by atoms with E-state index in [1.54, 1.807) is 12.1 Å². The van der Waals surface area contributed by atoms with Crippen molar-refractivity contribution in [2.45, 2.75) is 0 Å². The average Bonchev–Trinajstić information content (AvgIpc) is 2.50. The first kappa shape index (κ1) is 13.5. The third kappa shape index (κ3) is 2.85. The molecule has 3 aromatic rings. The molecule has 0 radical (unpaired) electrons. The van der Waals surface area contributed by atoms with E-state index in [9.17, 15) is 4.39 Å². The minimum absolute atomic E-state index is 0.0611. The molecule has 3 rings (SSSR count). The predicted molar refractivity (Wildman–Crippen MR) is 82.3 cm³/mol. The number of halogens is 2. The molecule has 21 heavy (non-hydrogen) atoms. The van der Waals surface area contributed by atoms with Crippen molar-refractivity contribution < 1.29 is 4.39 Å². The third-order valence-corrected chi connectivity index (χ3v) is 3.30. The molecule has 0 saturated heterocycles. The number of benzene rings is 2. The lowest BCUT2D eigenvalue weighted by atomic mass is 10.1. The van der Waals surface area contributed by atoms with Crippen LogP contribution in [0.5, 0.6) is 0 Å². The molecule has 2 aromatic carbocycles. The quantitative estimate of drug-likeness (QED) is 0.772. The van der Waals surface area contributed by atoms with Crippen LogP contribution in [-0.2, 0) is 0 Å². The first-order valence-corrected chi connectivity index (χ1v) is 6.67. The summed E-state index contributed by atoms with van der Waals surface area (Å²) in [6.07, 6.45) is 0. The number of nitrogens with zero attached hydrogens (tertiary/aromatic N) is 2. The van der Waals surface area contributed by atoms with Crippen molar-refractivity contribution in [2.24, 2.45) is 0 Å². The summed E-state index contributed by atoms with van der Waals surface area (Å²) in [5.41, 5.74) is 7.97. The summed E-state index contributed by atoms with van der Waals surface area (Å²) < 4.78 is 13.6. The standard InChI is InChI=1S/C16H11ClFN3/c17-12-7-6-11(8-13(12)18)16-20-14(9-15(19)21-16)10-4-2-1-3-5-10/h1-9H,(H2,19,20,21). The van der Waals surface area contributed by atoms with Gasteiger partial charge in [-0.15, -0.1) is 0 Å². The van der Waals surface area contributed by atoms with E-state index in [0.29, 0.717) is 22.9 Å². The predicted octanol–water partition coefficient (Wildman–Crippen LogP) is 4.19. The zero-order chi connectivity index (χ0) is 14.8. The SMILES string of the molecule is Nc1cc(-c2ccccc2)nc(-c2ccc(Cl)c(F)c2)n1. The largest absolute Gasteiger partial charge is 0.384 e. The van der Waals surface area contributed by atoms with Crippen molar-refractivity contribution in [2.75, 3.05) is 5.73 Å². The first-order chi connectivity index (χ1) is 10.1. The van der Waals surface area contributed by atoms with E-state index in [1.807, 2.05) is 30.3 Å². The normalized spacial score (nSPS) is 10.6. The van der Waals surface area contributed by atoms with E-state index in [1.165, 1.54) is 12.1 Å². The van der Waals surface area contributed by atoms with Crippen molar-refractivity contribution in [1.29, 1.82) is 0 Å². The van der Waals surface area contributed by atoms with Crippen LogP contribution < -0.4 is 5.73 Å². The minimum Gasteiger partial charge on any atom is -0.384 e. The Morgan fingerprint density at radius 3 is 2.38 bits per heavy atom. The maximum Gasteiger partial charge on any atom is 0.162 e. The summed E-state index contributed by atoms with van der Waals surface area (Å²) in [5, 5.41) is 0.0611. The highest BCUT2D eigenvalue weighted by Crippen LogP contribution is 2.25. The minimum atomic E-state index is -0.513. The van der Waals surface area contributed by atoms with Gasteiger partial charge in [0.1, 0.15) is 11.6 Å². The molecule has 0 spiro atoms. The number of nitrogen functional groups attached to an aromatic ring is 1. The Morgan fingerprint density at radius 2 is 1.67 bits per heavy atom. The van der Waals surface area contributed by atoms with Gasteiger partial charge in [0.05, 0.1) is 10.7 Å². The van der Waals surface area contributed by atoms with Crippen LogP contribution >= 0.6 is 11.6 Å². The molecule has 2 N–H and O–H groups in total. The van der Waals surface area contributed by atoms with Gasteiger partial charge >= 0.3 is 0 Å². The van der Waals surface area contributed by atoms with Crippen molar-refractivity contribution in [1.82, 2.24) is 9.97 Å². The van der Waals surface area contributed by atoms with Crippen LogP contribution in [0.4, 0.5) is 10.2 Å². The fourth-order valence-electron chi connectivity index (χ4n) is 1.99. The topological polar surface area (TPSA) is 51.8 Å². The van der Waals surface area contributed by atoms with E-state index in [2.05, 4.69) is 9.97 Å². The maximum atomic E-state index is 13.6. The number of anilines is 1. The van der Waals surface area contributed by atoms with Gasteiger partial charge in [-0.3, -0.25) is 0 Å². The van der Waals surface area contributed by atoms with Gasteiger partial charge in [0.15, 0.2) is 5.82 Å². The molecule has 104 valence electrons.